The normalized spacial score (nSPS) is 18.5. The summed E-state index contributed by atoms with van der Waals surface area (Å²) in [5.41, 5.74) is 1.26. The Kier molecular flexibility index (Phi) is 11.9. The average molecular weight is 543 g/mol. The van der Waals surface area contributed by atoms with E-state index in [9.17, 15) is 9.59 Å². The molecule has 2 saturated heterocycles. The number of halogens is 1. The van der Waals surface area contributed by atoms with Gasteiger partial charge in [-0.1, -0.05) is 61.4 Å². The van der Waals surface area contributed by atoms with E-state index in [1.807, 2.05) is 49.1 Å². The van der Waals surface area contributed by atoms with Gasteiger partial charge < -0.3 is 15.1 Å². The third kappa shape index (κ3) is 8.73. The molecule has 6 nitrogen and oxygen atoms in total. The molecule has 2 aliphatic rings. The number of benzene rings is 1. The Morgan fingerprint density at radius 3 is 2.38 bits per heavy atom. The van der Waals surface area contributed by atoms with Crippen molar-refractivity contribution in [1.29, 1.82) is 5.41 Å². The zero-order chi connectivity index (χ0) is 26.1. The molecule has 1 atom stereocenters. The predicted molar refractivity (Wildman–Crippen MR) is 158 cm³/mol. The maximum absolute atomic E-state index is 13.2. The second-order valence-corrected chi connectivity index (χ2v) is 10.8. The summed E-state index contributed by atoms with van der Waals surface area (Å²) in [6.45, 7) is 15.1. The van der Waals surface area contributed by atoms with Crippen molar-refractivity contribution >= 4 is 41.0 Å². The van der Waals surface area contributed by atoms with E-state index in [0.717, 1.165) is 44.6 Å². The zero-order valence-corrected chi connectivity index (χ0v) is 23.5. The lowest BCUT2D eigenvalue weighted by Gasteiger charge is -2.28. The SMILES string of the molecule is C=C/C=C(\C=C)C(=O)NC(C)(C)/C=C/SC(=N)c1ccc(C(=O)N2CCC[C@H]2CN2CCCC2)cc1.Cl. The highest BCUT2D eigenvalue weighted by molar-refractivity contribution is 8.16. The molecule has 8 heteroatoms. The topological polar surface area (TPSA) is 76.5 Å². The lowest BCUT2D eigenvalue weighted by atomic mass is 10.1. The molecule has 1 aromatic carbocycles. The van der Waals surface area contributed by atoms with Gasteiger partial charge in [-0.05, 0) is 70.2 Å². The molecule has 0 unspecified atom stereocenters. The molecule has 0 spiro atoms. The van der Waals surface area contributed by atoms with Gasteiger partial charge in [0.1, 0.15) is 0 Å². The summed E-state index contributed by atoms with van der Waals surface area (Å²) in [6.07, 6.45) is 11.2. The van der Waals surface area contributed by atoms with Gasteiger partial charge >= 0.3 is 0 Å². The molecule has 0 bridgehead atoms. The van der Waals surface area contributed by atoms with Crippen LogP contribution in [-0.4, -0.2) is 64.4 Å². The summed E-state index contributed by atoms with van der Waals surface area (Å²) in [4.78, 5) is 30.1. The Morgan fingerprint density at radius 2 is 1.76 bits per heavy atom. The van der Waals surface area contributed by atoms with Crippen LogP contribution in [0.2, 0.25) is 0 Å². The van der Waals surface area contributed by atoms with E-state index in [2.05, 4.69) is 23.4 Å². The van der Waals surface area contributed by atoms with Crippen molar-refractivity contribution in [2.24, 2.45) is 0 Å². The first-order valence-corrected chi connectivity index (χ1v) is 13.5. The van der Waals surface area contributed by atoms with Gasteiger partial charge in [-0.15, -0.1) is 12.4 Å². The number of hydrogen-bond acceptors (Lipinski definition) is 5. The third-order valence-corrected chi connectivity index (χ3v) is 7.33. The summed E-state index contributed by atoms with van der Waals surface area (Å²) in [5.74, 6) is -0.148. The Labute approximate surface area is 231 Å². The highest BCUT2D eigenvalue weighted by Gasteiger charge is 2.31. The summed E-state index contributed by atoms with van der Waals surface area (Å²) in [5, 5.41) is 13.5. The van der Waals surface area contributed by atoms with Crippen LogP contribution in [0.15, 0.2) is 72.7 Å². The van der Waals surface area contributed by atoms with E-state index >= 15 is 0 Å². The van der Waals surface area contributed by atoms with Crippen LogP contribution in [-0.2, 0) is 4.79 Å². The number of thioether (sulfide) groups is 1. The number of carbonyl (C=O) groups is 2. The third-order valence-electron chi connectivity index (χ3n) is 6.59. The summed E-state index contributed by atoms with van der Waals surface area (Å²) in [6, 6.07) is 7.63. The van der Waals surface area contributed by atoms with Crippen molar-refractivity contribution in [2.75, 3.05) is 26.2 Å². The predicted octanol–water partition coefficient (Wildman–Crippen LogP) is 5.57. The lowest BCUT2D eigenvalue weighted by molar-refractivity contribution is -0.118. The Bertz CT molecular complexity index is 1040. The first-order chi connectivity index (χ1) is 17.2. The van der Waals surface area contributed by atoms with Gasteiger partial charge in [0.15, 0.2) is 0 Å². The number of nitrogens with one attached hydrogen (secondary N) is 2. The largest absolute Gasteiger partial charge is 0.344 e. The van der Waals surface area contributed by atoms with Gasteiger partial charge in [0.05, 0.1) is 10.6 Å². The van der Waals surface area contributed by atoms with Crippen LogP contribution in [0.25, 0.3) is 0 Å². The highest BCUT2D eigenvalue weighted by atomic mass is 35.5. The molecule has 2 heterocycles. The minimum Gasteiger partial charge on any atom is -0.344 e. The number of allylic oxidation sites excluding steroid dienone is 2. The standard InChI is InChI=1S/C29H38N4O2S.ClH/c1-5-10-22(6-2)27(34)31-29(3,4)16-20-36-26(30)23-12-14-24(15-13-23)28(35)33-19-9-11-25(33)21-32-17-7-8-18-32;/h5-6,10,12-16,20,25,30H,1-2,7-9,11,17-19,21H2,3-4H3,(H,31,34);1H/b20-16+,22-10+,30-26?;/t25-;/m0./s1. The fourth-order valence-electron chi connectivity index (χ4n) is 4.60. The monoisotopic (exact) mass is 542 g/mol. The smallest absolute Gasteiger partial charge is 0.254 e. The minimum absolute atomic E-state index is 0. The van der Waals surface area contributed by atoms with Crippen LogP contribution in [0.1, 0.15) is 55.5 Å². The van der Waals surface area contributed by atoms with E-state index in [4.69, 9.17) is 5.41 Å². The maximum atomic E-state index is 13.2. The van der Waals surface area contributed by atoms with Gasteiger partial charge in [0, 0.05) is 35.8 Å². The average Bonchev–Trinajstić information content (AvgIpc) is 3.54. The van der Waals surface area contributed by atoms with Crippen molar-refractivity contribution < 1.29 is 9.59 Å². The maximum Gasteiger partial charge on any atom is 0.254 e. The molecular formula is C29H39ClN4O2S. The Balaban J connectivity index is 0.00000481. The van der Waals surface area contributed by atoms with Gasteiger partial charge in [-0.25, -0.2) is 0 Å². The summed E-state index contributed by atoms with van der Waals surface area (Å²) < 4.78 is 0. The Hall–Kier alpha value is -2.61. The van der Waals surface area contributed by atoms with Crippen LogP contribution in [0, 0.1) is 5.41 Å². The summed E-state index contributed by atoms with van der Waals surface area (Å²) in [7, 11) is 0. The quantitative estimate of drug-likeness (QED) is 0.175. The molecule has 2 aliphatic heterocycles. The molecule has 3 rings (SSSR count). The van der Waals surface area contributed by atoms with E-state index < -0.39 is 5.54 Å². The van der Waals surface area contributed by atoms with Crippen LogP contribution in [0.3, 0.4) is 0 Å². The summed E-state index contributed by atoms with van der Waals surface area (Å²) >= 11 is 1.27. The number of amides is 2. The number of carbonyl (C=O) groups excluding carboxylic acids is 2. The van der Waals surface area contributed by atoms with Gasteiger partial charge in [-0.3, -0.25) is 15.0 Å². The highest BCUT2D eigenvalue weighted by Crippen LogP contribution is 2.23. The van der Waals surface area contributed by atoms with Crippen LogP contribution >= 0.6 is 24.2 Å². The van der Waals surface area contributed by atoms with Crippen LogP contribution in [0.4, 0.5) is 0 Å². The number of nitrogens with zero attached hydrogens (tertiary/aromatic N) is 2. The van der Waals surface area contributed by atoms with Crippen molar-refractivity contribution in [1.82, 2.24) is 15.1 Å². The minimum atomic E-state index is -0.606. The molecule has 0 aromatic heterocycles. The Morgan fingerprint density at radius 1 is 1.11 bits per heavy atom. The van der Waals surface area contributed by atoms with Gasteiger partial charge in [0.25, 0.3) is 11.8 Å². The second-order valence-electron chi connectivity index (χ2n) is 9.87. The number of rotatable bonds is 10. The fraction of sp³-hybridized carbons (Fsp3) is 0.414. The lowest BCUT2D eigenvalue weighted by Crippen LogP contribution is -2.42. The molecule has 37 heavy (non-hydrogen) atoms. The molecule has 2 fully saturated rings. The molecule has 200 valence electrons. The van der Waals surface area contributed by atoms with Crippen molar-refractivity contribution in [2.45, 2.75) is 51.1 Å². The molecule has 2 amide bonds. The van der Waals surface area contributed by atoms with E-state index in [1.54, 1.807) is 17.6 Å². The van der Waals surface area contributed by atoms with E-state index in [-0.39, 0.29) is 24.2 Å². The molecule has 0 radical (unpaired) electrons. The molecule has 1 aromatic rings. The molecule has 0 saturated carbocycles. The van der Waals surface area contributed by atoms with Crippen LogP contribution < -0.4 is 5.32 Å². The number of hydrogen-bond donors (Lipinski definition) is 2. The van der Waals surface area contributed by atoms with E-state index in [0.29, 0.717) is 22.2 Å². The second kappa shape index (κ2) is 14.4. The zero-order valence-electron chi connectivity index (χ0n) is 21.9. The molecule has 2 N–H and O–H groups in total. The number of likely N-dealkylation sites (tertiary alicyclic amines) is 2. The van der Waals surface area contributed by atoms with Crippen molar-refractivity contribution in [3.63, 3.8) is 0 Å². The molecular weight excluding hydrogens is 504 g/mol. The van der Waals surface area contributed by atoms with E-state index in [1.165, 1.54) is 30.7 Å². The van der Waals surface area contributed by atoms with Crippen molar-refractivity contribution in [3.8, 4) is 0 Å². The molecule has 0 aliphatic carbocycles. The van der Waals surface area contributed by atoms with Gasteiger partial charge in [-0.2, -0.15) is 0 Å². The first kappa shape index (κ1) is 30.6. The first-order valence-electron chi connectivity index (χ1n) is 12.6. The fourth-order valence-corrected chi connectivity index (χ4v) is 5.41. The van der Waals surface area contributed by atoms with Crippen molar-refractivity contribution in [3.05, 3.63) is 83.8 Å². The van der Waals surface area contributed by atoms with Gasteiger partial charge in [0.2, 0.25) is 0 Å². The van der Waals surface area contributed by atoms with Crippen LogP contribution in [0.5, 0.6) is 0 Å².